The van der Waals surface area contributed by atoms with Crippen LogP contribution in [0.4, 0.5) is 26.6 Å². The van der Waals surface area contributed by atoms with Crippen molar-refractivity contribution < 1.29 is 13.9 Å². The monoisotopic (exact) mass is 400 g/mol. The normalized spacial score (nSPS) is 17.4. The van der Waals surface area contributed by atoms with Gasteiger partial charge in [-0.2, -0.15) is 4.98 Å². The third kappa shape index (κ3) is 4.73. The largest absolute Gasteiger partial charge is 0.378 e. The first-order valence-corrected chi connectivity index (χ1v) is 9.83. The van der Waals surface area contributed by atoms with E-state index in [1.807, 2.05) is 13.0 Å². The number of urea groups is 1. The highest BCUT2D eigenvalue weighted by molar-refractivity contribution is 5.89. The molecule has 0 bridgehead atoms. The molecule has 2 amide bonds. The van der Waals surface area contributed by atoms with Crippen molar-refractivity contribution in [3.63, 3.8) is 0 Å². The van der Waals surface area contributed by atoms with Gasteiger partial charge in [0, 0.05) is 56.7 Å². The van der Waals surface area contributed by atoms with Crippen LogP contribution in [0, 0.1) is 12.7 Å². The third-order valence-corrected chi connectivity index (χ3v) is 5.09. The number of ether oxygens (including phenoxy) is 1. The van der Waals surface area contributed by atoms with E-state index in [1.54, 1.807) is 17.0 Å². The standard InChI is InChI=1S/C20H25FN6O2/c1-15-13-18(25-9-11-29-12-10-25)24-19(22-15)26-5-7-27(8-6-26)20(28)23-17-4-2-3-16(21)14-17/h2-4,13-14H,5-12H2,1H3,(H,23,28). The van der Waals surface area contributed by atoms with Crippen LogP contribution in [-0.2, 0) is 4.74 Å². The summed E-state index contributed by atoms with van der Waals surface area (Å²) < 4.78 is 18.7. The molecule has 9 heteroatoms. The van der Waals surface area contributed by atoms with Gasteiger partial charge in [0.2, 0.25) is 5.95 Å². The molecular formula is C20H25FN6O2. The van der Waals surface area contributed by atoms with Crippen LogP contribution >= 0.6 is 0 Å². The Labute approximate surface area is 169 Å². The van der Waals surface area contributed by atoms with Gasteiger partial charge in [0.05, 0.1) is 13.2 Å². The third-order valence-electron chi connectivity index (χ3n) is 5.09. The predicted octanol–water partition coefficient (Wildman–Crippen LogP) is 2.11. The minimum atomic E-state index is -0.375. The molecule has 0 aliphatic carbocycles. The van der Waals surface area contributed by atoms with Crippen molar-refractivity contribution in [3.8, 4) is 0 Å². The van der Waals surface area contributed by atoms with Gasteiger partial charge in [-0.05, 0) is 25.1 Å². The second-order valence-electron chi connectivity index (χ2n) is 7.18. The van der Waals surface area contributed by atoms with Crippen LogP contribution in [0.1, 0.15) is 5.69 Å². The van der Waals surface area contributed by atoms with Gasteiger partial charge in [0.25, 0.3) is 0 Å². The van der Waals surface area contributed by atoms with Crippen molar-refractivity contribution in [1.29, 1.82) is 0 Å². The van der Waals surface area contributed by atoms with Crippen molar-refractivity contribution in [1.82, 2.24) is 14.9 Å². The number of hydrogen-bond donors (Lipinski definition) is 1. The van der Waals surface area contributed by atoms with Crippen LogP contribution in [-0.4, -0.2) is 73.4 Å². The molecule has 2 saturated heterocycles. The number of amides is 2. The highest BCUT2D eigenvalue weighted by atomic mass is 19.1. The van der Waals surface area contributed by atoms with Gasteiger partial charge in [-0.1, -0.05) is 6.07 Å². The zero-order chi connectivity index (χ0) is 20.2. The lowest BCUT2D eigenvalue weighted by atomic mass is 10.3. The molecule has 2 aromatic rings. The van der Waals surface area contributed by atoms with Crippen molar-refractivity contribution in [2.45, 2.75) is 6.92 Å². The van der Waals surface area contributed by atoms with Crippen molar-refractivity contribution in [2.24, 2.45) is 0 Å². The Balaban J connectivity index is 1.38. The van der Waals surface area contributed by atoms with Crippen molar-refractivity contribution in [3.05, 3.63) is 41.8 Å². The first kappa shape index (κ1) is 19.4. The van der Waals surface area contributed by atoms with E-state index < -0.39 is 0 Å². The van der Waals surface area contributed by atoms with E-state index in [9.17, 15) is 9.18 Å². The maximum Gasteiger partial charge on any atom is 0.321 e. The molecule has 2 aliphatic heterocycles. The van der Waals surface area contributed by atoms with Crippen LogP contribution in [0.2, 0.25) is 0 Å². The highest BCUT2D eigenvalue weighted by Crippen LogP contribution is 2.20. The van der Waals surface area contributed by atoms with E-state index in [0.717, 1.165) is 24.6 Å². The number of nitrogens with one attached hydrogen (secondary N) is 1. The average Bonchev–Trinajstić information content (AvgIpc) is 2.74. The summed E-state index contributed by atoms with van der Waals surface area (Å²) in [5, 5.41) is 2.75. The fourth-order valence-electron chi connectivity index (χ4n) is 3.51. The number of anilines is 3. The van der Waals surface area contributed by atoms with E-state index in [0.29, 0.717) is 51.0 Å². The minimum absolute atomic E-state index is 0.227. The Morgan fingerprint density at radius 3 is 2.52 bits per heavy atom. The van der Waals surface area contributed by atoms with E-state index in [2.05, 4.69) is 20.1 Å². The Kier molecular flexibility index (Phi) is 5.75. The zero-order valence-corrected chi connectivity index (χ0v) is 16.5. The second-order valence-corrected chi connectivity index (χ2v) is 7.18. The smallest absolute Gasteiger partial charge is 0.321 e. The predicted molar refractivity (Wildman–Crippen MR) is 109 cm³/mol. The number of aromatic nitrogens is 2. The summed E-state index contributed by atoms with van der Waals surface area (Å²) in [4.78, 5) is 27.8. The number of piperazine rings is 1. The number of carbonyl (C=O) groups excluding carboxylic acids is 1. The molecule has 0 unspecified atom stereocenters. The Bertz CT molecular complexity index is 866. The van der Waals surface area contributed by atoms with Gasteiger partial charge in [-0.15, -0.1) is 0 Å². The molecule has 3 heterocycles. The molecule has 2 fully saturated rings. The Morgan fingerprint density at radius 2 is 1.79 bits per heavy atom. The quantitative estimate of drug-likeness (QED) is 0.851. The number of morpholine rings is 1. The van der Waals surface area contributed by atoms with Crippen LogP contribution in [0.5, 0.6) is 0 Å². The summed E-state index contributed by atoms with van der Waals surface area (Å²) in [5.74, 6) is 1.24. The fraction of sp³-hybridized carbons (Fsp3) is 0.450. The molecular weight excluding hydrogens is 375 g/mol. The van der Waals surface area contributed by atoms with Crippen molar-refractivity contribution in [2.75, 3.05) is 67.6 Å². The lowest BCUT2D eigenvalue weighted by molar-refractivity contribution is 0.122. The van der Waals surface area contributed by atoms with Crippen LogP contribution in [0.15, 0.2) is 30.3 Å². The fourth-order valence-corrected chi connectivity index (χ4v) is 3.51. The molecule has 0 atom stereocenters. The Hall–Kier alpha value is -2.94. The molecule has 154 valence electrons. The molecule has 1 aromatic heterocycles. The molecule has 8 nitrogen and oxygen atoms in total. The number of benzene rings is 1. The van der Waals surface area contributed by atoms with Gasteiger partial charge in [-0.3, -0.25) is 0 Å². The minimum Gasteiger partial charge on any atom is -0.378 e. The first-order chi connectivity index (χ1) is 14.1. The summed E-state index contributed by atoms with van der Waals surface area (Å²) in [6.45, 7) is 7.41. The average molecular weight is 400 g/mol. The summed E-state index contributed by atoms with van der Waals surface area (Å²) in [5.41, 5.74) is 1.37. The zero-order valence-electron chi connectivity index (χ0n) is 16.5. The second kappa shape index (κ2) is 8.60. The number of hydrogen-bond acceptors (Lipinski definition) is 6. The summed E-state index contributed by atoms with van der Waals surface area (Å²) in [7, 11) is 0. The molecule has 1 N–H and O–H groups in total. The number of halogens is 1. The molecule has 0 radical (unpaired) electrons. The Morgan fingerprint density at radius 1 is 1.03 bits per heavy atom. The molecule has 4 rings (SSSR count). The van der Waals surface area contributed by atoms with E-state index >= 15 is 0 Å². The number of carbonyl (C=O) groups is 1. The summed E-state index contributed by atoms with van der Waals surface area (Å²) >= 11 is 0. The van der Waals surface area contributed by atoms with Gasteiger partial charge < -0.3 is 24.8 Å². The maximum absolute atomic E-state index is 13.3. The molecule has 2 aliphatic rings. The molecule has 29 heavy (non-hydrogen) atoms. The van der Waals surface area contributed by atoms with Gasteiger partial charge >= 0.3 is 6.03 Å². The maximum atomic E-state index is 13.3. The molecule has 0 spiro atoms. The number of nitrogens with zero attached hydrogens (tertiary/aromatic N) is 5. The van der Waals surface area contributed by atoms with Gasteiger partial charge in [0.1, 0.15) is 11.6 Å². The lowest BCUT2D eigenvalue weighted by Gasteiger charge is -2.35. The van der Waals surface area contributed by atoms with E-state index in [-0.39, 0.29) is 11.8 Å². The topological polar surface area (TPSA) is 73.8 Å². The van der Waals surface area contributed by atoms with Crippen LogP contribution in [0.25, 0.3) is 0 Å². The van der Waals surface area contributed by atoms with E-state index in [4.69, 9.17) is 9.72 Å². The summed E-state index contributed by atoms with van der Waals surface area (Å²) in [6, 6.07) is 7.67. The SMILES string of the molecule is Cc1cc(N2CCOCC2)nc(N2CCN(C(=O)Nc3cccc(F)c3)CC2)n1. The summed E-state index contributed by atoms with van der Waals surface area (Å²) in [6.07, 6.45) is 0. The number of rotatable bonds is 3. The van der Waals surface area contributed by atoms with Crippen molar-refractivity contribution >= 4 is 23.5 Å². The number of aryl methyl sites for hydroxylation is 1. The first-order valence-electron chi connectivity index (χ1n) is 9.83. The highest BCUT2D eigenvalue weighted by Gasteiger charge is 2.24. The van der Waals surface area contributed by atoms with Crippen LogP contribution in [0.3, 0.4) is 0 Å². The van der Waals surface area contributed by atoms with E-state index in [1.165, 1.54) is 12.1 Å². The van der Waals surface area contributed by atoms with Gasteiger partial charge in [-0.25, -0.2) is 14.2 Å². The van der Waals surface area contributed by atoms with Crippen LogP contribution < -0.4 is 15.1 Å². The molecule has 0 saturated carbocycles. The lowest BCUT2D eigenvalue weighted by Crippen LogP contribution is -2.50. The van der Waals surface area contributed by atoms with Gasteiger partial charge in [0.15, 0.2) is 0 Å². The molecule has 1 aromatic carbocycles.